The van der Waals surface area contributed by atoms with Gasteiger partial charge in [-0.05, 0) is 24.3 Å². The van der Waals surface area contributed by atoms with E-state index in [0.717, 1.165) is 11.3 Å². The minimum Gasteiger partial charge on any atom is -0.394 e. The van der Waals surface area contributed by atoms with E-state index in [4.69, 9.17) is 11.6 Å². The number of hydrogen-bond donors (Lipinski definition) is 2. The molecule has 0 bridgehead atoms. The van der Waals surface area contributed by atoms with Crippen LogP contribution < -0.4 is 5.32 Å². The molecule has 0 aliphatic heterocycles. The standard InChI is InChI=1S/C12H14ClN3O/c1-16-7-9(6-14-16)12(8-17)15-11-4-2-10(13)3-5-11/h2-7,12,15,17H,8H2,1H3. The molecule has 1 heterocycles. The van der Waals surface area contributed by atoms with E-state index in [2.05, 4.69) is 10.4 Å². The van der Waals surface area contributed by atoms with E-state index in [1.807, 2.05) is 37.5 Å². The fourth-order valence-corrected chi connectivity index (χ4v) is 1.73. The van der Waals surface area contributed by atoms with Crippen molar-refractivity contribution >= 4 is 17.3 Å². The predicted octanol–water partition coefficient (Wildman–Crippen LogP) is 2.22. The average molecular weight is 252 g/mol. The van der Waals surface area contributed by atoms with Crippen LogP contribution in [0.15, 0.2) is 36.7 Å². The predicted molar refractivity (Wildman–Crippen MR) is 68.1 cm³/mol. The van der Waals surface area contributed by atoms with Crippen LogP contribution in [0, 0.1) is 0 Å². The Morgan fingerprint density at radius 1 is 1.41 bits per heavy atom. The third kappa shape index (κ3) is 2.99. The maximum absolute atomic E-state index is 9.38. The molecule has 0 saturated carbocycles. The maximum atomic E-state index is 9.38. The van der Waals surface area contributed by atoms with Crippen LogP contribution in [0.25, 0.3) is 0 Å². The first-order valence-corrected chi connectivity index (χ1v) is 5.68. The van der Waals surface area contributed by atoms with E-state index in [1.165, 1.54) is 0 Å². The van der Waals surface area contributed by atoms with Gasteiger partial charge in [-0.2, -0.15) is 5.10 Å². The summed E-state index contributed by atoms with van der Waals surface area (Å²) in [6.45, 7) is 0.00825. The molecule has 90 valence electrons. The summed E-state index contributed by atoms with van der Waals surface area (Å²) < 4.78 is 1.71. The van der Waals surface area contributed by atoms with Gasteiger partial charge in [0.25, 0.3) is 0 Å². The smallest absolute Gasteiger partial charge is 0.0775 e. The number of halogens is 1. The fourth-order valence-electron chi connectivity index (χ4n) is 1.60. The molecule has 0 saturated heterocycles. The molecule has 2 aromatic rings. The molecule has 1 aromatic carbocycles. The van der Waals surface area contributed by atoms with Gasteiger partial charge in [0.2, 0.25) is 0 Å². The van der Waals surface area contributed by atoms with Gasteiger partial charge >= 0.3 is 0 Å². The second kappa shape index (κ2) is 5.21. The van der Waals surface area contributed by atoms with Crippen molar-refractivity contribution in [1.29, 1.82) is 0 Å². The van der Waals surface area contributed by atoms with Crippen LogP contribution in [0.5, 0.6) is 0 Å². The zero-order valence-corrected chi connectivity index (χ0v) is 10.2. The summed E-state index contributed by atoms with van der Waals surface area (Å²) in [6, 6.07) is 7.20. The van der Waals surface area contributed by atoms with E-state index in [0.29, 0.717) is 5.02 Å². The van der Waals surface area contributed by atoms with Crippen molar-refractivity contribution in [2.45, 2.75) is 6.04 Å². The van der Waals surface area contributed by atoms with Crippen molar-refractivity contribution in [2.24, 2.45) is 7.05 Å². The van der Waals surface area contributed by atoms with Crippen molar-refractivity contribution < 1.29 is 5.11 Å². The lowest BCUT2D eigenvalue weighted by molar-refractivity contribution is 0.276. The van der Waals surface area contributed by atoms with Crippen molar-refractivity contribution in [3.63, 3.8) is 0 Å². The third-order valence-corrected chi connectivity index (χ3v) is 2.75. The lowest BCUT2D eigenvalue weighted by atomic mass is 10.1. The number of hydrogen-bond acceptors (Lipinski definition) is 3. The lowest BCUT2D eigenvalue weighted by Crippen LogP contribution is -2.14. The summed E-state index contributed by atoms with van der Waals surface area (Å²) in [5.41, 5.74) is 1.86. The summed E-state index contributed by atoms with van der Waals surface area (Å²) in [7, 11) is 1.85. The molecule has 0 amide bonds. The molecule has 2 N–H and O–H groups in total. The van der Waals surface area contributed by atoms with Crippen LogP contribution in [0.1, 0.15) is 11.6 Å². The Balaban J connectivity index is 2.12. The number of aryl methyl sites for hydroxylation is 1. The Bertz CT molecular complexity index is 481. The molecule has 0 fully saturated rings. The lowest BCUT2D eigenvalue weighted by Gasteiger charge is -2.16. The number of aromatic nitrogens is 2. The summed E-state index contributed by atoms with van der Waals surface area (Å²) in [5, 5.41) is 17.4. The molecule has 17 heavy (non-hydrogen) atoms. The van der Waals surface area contributed by atoms with Gasteiger partial charge in [-0.15, -0.1) is 0 Å². The monoisotopic (exact) mass is 251 g/mol. The highest BCUT2D eigenvalue weighted by atomic mass is 35.5. The third-order valence-electron chi connectivity index (χ3n) is 2.49. The van der Waals surface area contributed by atoms with Crippen LogP contribution in [-0.4, -0.2) is 21.5 Å². The Hall–Kier alpha value is -1.52. The number of aliphatic hydroxyl groups is 1. The minimum absolute atomic E-state index is 0.00825. The molecule has 5 heteroatoms. The Kier molecular flexibility index (Phi) is 3.66. The van der Waals surface area contributed by atoms with Gasteiger partial charge in [0.1, 0.15) is 0 Å². The number of rotatable bonds is 4. The second-order valence-electron chi connectivity index (χ2n) is 3.83. The molecule has 0 aliphatic rings. The Morgan fingerprint density at radius 2 is 2.12 bits per heavy atom. The molecule has 4 nitrogen and oxygen atoms in total. The SMILES string of the molecule is Cn1cc(C(CO)Nc2ccc(Cl)cc2)cn1. The highest BCUT2D eigenvalue weighted by Crippen LogP contribution is 2.20. The van der Waals surface area contributed by atoms with E-state index in [9.17, 15) is 5.11 Å². The number of benzene rings is 1. The second-order valence-corrected chi connectivity index (χ2v) is 4.27. The molecule has 0 radical (unpaired) electrons. The summed E-state index contributed by atoms with van der Waals surface area (Å²) >= 11 is 5.81. The van der Waals surface area contributed by atoms with Gasteiger partial charge < -0.3 is 10.4 Å². The zero-order valence-electron chi connectivity index (χ0n) is 9.47. The Labute approximate surface area is 105 Å². The minimum atomic E-state index is -0.162. The van der Waals surface area contributed by atoms with Crippen LogP contribution in [0.2, 0.25) is 5.02 Å². The van der Waals surface area contributed by atoms with Gasteiger partial charge in [-0.25, -0.2) is 0 Å². The number of aliphatic hydroxyl groups excluding tert-OH is 1. The molecular formula is C12H14ClN3O. The van der Waals surface area contributed by atoms with E-state index in [-0.39, 0.29) is 12.6 Å². The summed E-state index contributed by atoms with van der Waals surface area (Å²) in [5.74, 6) is 0. The molecule has 1 aromatic heterocycles. The largest absolute Gasteiger partial charge is 0.394 e. The first-order chi connectivity index (χ1) is 8.19. The number of nitrogens with one attached hydrogen (secondary N) is 1. The van der Waals surface area contributed by atoms with Gasteiger partial charge in [0.15, 0.2) is 0 Å². The normalized spacial score (nSPS) is 12.4. The van der Waals surface area contributed by atoms with E-state index >= 15 is 0 Å². The van der Waals surface area contributed by atoms with Gasteiger partial charge in [0, 0.05) is 29.5 Å². The molecule has 0 spiro atoms. The fraction of sp³-hybridized carbons (Fsp3) is 0.250. The van der Waals surface area contributed by atoms with Gasteiger partial charge in [-0.3, -0.25) is 4.68 Å². The van der Waals surface area contributed by atoms with E-state index < -0.39 is 0 Å². The summed E-state index contributed by atoms with van der Waals surface area (Å²) in [4.78, 5) is 0. The maximum Gasteiger partial charge on any atom is 0.0775 e. The Morgan fingerprint density at radius 3 is 2.65 bits per heavy atom. The molecule has 0 aliphatic carbocycles. The van der Waals surface area contributed by atoms with Gasteiger partial charge in [-0.1, -0.05) is 11.6 Å². The van der Waals surface area contributed by atoms with Crippen molar-refractivity contribution in [2.75, 3.05) is 11.9 Å². The zero-order chi connectivity index (χ0) is 12.3. The first-order valence-electron chi connectivity index (χ1n) is 5.30. The van der Waals surface area contributed by atoms with Crippen LogP contribution in [0.3, 0.4) is 0 Å². The van der Waals surface area contributed by atoms with E-state index in [1.54, 1.807) is 10.9 Å². The number of anilines is 1. The summed E-state index contributed by atoms with van der Waals surface area (Å²) in [6.07, 6.45) is 3.62. The van der Waals surface area contributed by atoms with Crippen molar-refractivity contribution in [1.82, 2.24) is 9.78 Å². The quantitative estimate of drug-likeness (QED) is 0.876. The van der Waals surface area contributed by atoms with Crippen molar-refractivity contribution in [3.8, 4) is 0 Å². The first kappa shape index (κ1) is 12.0. The van der Waals surface area contributed by atoms with Crippen LogP contribution in [0.4, 0.5) is 5.69 Å². The van der Waals surface area contributed by atoms with Crippen LogP contribution in [-0.2, 0) is 7.05 Å². The van der Waals surface area contributed by atoms with Crippen LogP contribution >= 0.6 is 11.6 Å². The molecule has 2 rings (SSSR count). The average Bonchev–Trinajstić information content (AvgIpc) is 2.75. The molecule has 1 unspecified atom stereocenters. The molecular weight excluding hydrogens is 238 g/mol. The molecule has 1 atom stereocenters. The highest BCUT2D eigenvalue weighted by Gasteiger charge is 2.11. The van der Waals surface area contributed by atoms with Crippen molar-refractivity contribution in [3.05, 3.63) is 47.2 Å². The number of nitrogens with zero attached hydrogens (tertiary/aromatic N) is 2. The topological polar surface area (TPSA) is 50.1 Å². The highest BCUT2D eigenvalue weighted by molar-refractivity contribution is 6.30. The van der Waals surface area contributed by atoms with Gasteiger partial charge in [0.05, 0.1) is 18.8 Å².